The number of amides is 1. The summed E-state index contributed by atoms with van der Waals surface area (Å²) in [6, 6.07) is 10.2. The molecule has 16 nitrogen and oxygen atoms in total. The van der Waals surface area contributed by atoms with Crippen LogP contribution in [0, 0.1) is 0 Å². The van der Waals surface area contributed by atoms with E-state index in [4.69, 9.17) is 53.9 Å². The van der Waals surface area contributed by atoms with Crippen molar-refractivity contribution in [1.82, 2.24) is 5.32 Å². The molecule has 0 aliphatic carbocycles. The van der Waals surface area contributed by atoms with Crippen LogP contribution in [-0.4, -0.2) is 48.0 Å². The Kier molecular flexibility index (Phi) is 10.8. The first-order chi connectivity index (χ1) is 18.1. The van der Waals surface area contributed by atoms with Crippen molar-refractivity contribution >= 4 is 29.8 Å². The number of carboxylic acids is 1. The molecule has 0 saturated heterocycles. The third-order valence-corrected chi connectivity index (χ3v) is 4.52. The number of nitrogens with two attached hydrogens (primary N) is 6. The molecule has 0 bridgehead atoms. The Bertz CT molecular complexity index is 1220. The number of nitrogens with one attached hydrogen (secondary N) is 1. The Morgan fingerprint density at radius 1 is 0.868 bits per heavy atom. The van der Waals surface area contributed by atoms with Gasteiger partial charge in [-0.3, -0.25) is 14.6 Å². The van der Waals surface area contributed by atoms with E-state index in [1.165, 1.54) is 0 Å². The average Bonchev–Trinajstić information content (AvgIpc) is 2.86. The second-order valence-electron chi connectivity index (χ2n) is 7.50. The van der Waals surface area contributed by atoms with E-state index in [-0.39, 0.29) is 56.0 Å². The quantitative estimate of drug-likeness (QED) is 0.0607. The highest BCUT2D eigenvalue weighted by molar-refractivity contribution is 5.81. The molecule has 204 valence electrons. The van der Waals surface area contributed by atoms with E-state index in [9.17, 15) is 9.59 Å². The van der Waals surface area contributed by atoms with E-state index in [1.54, 1.807) is 36.4 Å². The van der Waals surface area contributed by atoms with Gasteiger partial charge in [-0.1, -0.05) is 18.2 Å². The van der Waals surface area contributed by atoms with Crippen LogP contribution in [0.5, 0.6) is 17.2 Å². The van der Waals surface area contributed by atoms with E-state index in [0.29, 0.717) is 22.4 Å². The number of nitrogens with zero attached hydrogens (tertiary/aromatic N) is 3. The average molecular weight is 531 g/mol. The molecule has 16 heteroatoms. The summed E-state index contributed by atoms with van der Waals surface area (Å²) in [5.41, 5.74) is 33.8. The molecule has 0 aromatic heterocycles. The van der Waals surface area contributed by atoms with Gasteiger partial charge < -0.3 is 59.2 Å². The van der Waals surface area contributed by atoms with Crippen LogP contribution in [0.2, 0.25) is 0 Å². The number of guanidine groups is 3. The van der Waals surface area contributed by atoms with Crippen molar-refractivity contribution in [3.63, 3.8) is 0 Å². The van der Waals surface area contributed by atoms with E-state index < -0.39 is 17.8 Å². The fourth-order valence-corrected chi connectivity index (χ4v) is 2.95. The molecule has 0 aliphatic heterocycles. The standard InChI is InChI=1S/C22H30N10O6/c23-20(24)29-8-9-36-14-3-1-2-12(10-14)15-5-4-13(11-30-16(33)6-7-17(34)35)18(37-31-21(25)26)19(15)38-32-22(27)28/h1-5,10H,6-9,11H2,(H,30,33)(H,34,35)(H4,23,24,29)(H4,25,26,31)(H4,27,28,32). The lowest BCUT2D eigenvalue weighted by molar-refractivity contribution is -0.138. The summed E-state index contributed by atoms with van der Waals surface area (Å²) in [4.78, 5) is 37.6. The molecule has 0 saturated carbocycles. The molecule has 0 spiro atoms. The number of benzene rings is 2. The van der Waals surface area contributed by atoms with Crippen LogP contribution >= 0.6 is 0 Å². The molecule has 14 N–H and O–H groups in total. The van der Waals surface area contributed by atoms with E-state index in [1.807, 2.05) is 0 Å². The molecule has 38 heavy (non-hydrogen) atoms. The van der Waals surface area contributed by atoms with Crippen molar-refractivity contribution in [2.45, 2.75) is 19.4 Å². The maximum atomic E-state index is 12.1. The van der Waals surface area contributed by atoms with Crippen LogP contribution in [0.3, 0.4) is 0 Å². The molecule has 2 aromatic rings. The van der Waals surface area contributed by atoms with Crippen LogP contribution in [0.4, 0.5) is 0 Å². The number of aliphatic imine (C=N–C) groups is 1. The van der Waals surface area contributed by atoms with Gasteiger partial charge >= 0.3 is 5.97 Å². The van der Waals surface area contributed by atoms with E-state index in [0.717, 1.165) is 0 Å². The molecule has 0 aliphatic rings. The molecule has 2 rings (SSSR count). The molecule has 0 heterocycles. The Labute approximate surface area is 217 Å². The minimum atomic E-state index is -1.10. The minimum Gasteiger partial charge on any atom is -0.492 e. The van der Waals surface area contributed by atoms with Gasteiger partial charge in [-0.15, -0.1) is 0 Å². The lowest BCUT2D eigenvalue weighted by atomic mass is 10.0. The zero-order valence-electron chi connectivity index (χ0n) is 20.3. The van der Waals surface area contributed by atoms with Crippen LogP contribution in [0.25, 0.3) is 11.1 Å². The van der Waals surface area contributed by atoms with Crippen molar-refractivity contribution < 1.29 is 29.1 Å². The van der Waals surface area contributed by atoms with E-state index >= 15 is 0 Å². The molecule has 0 atom stereocenters. The first-order valence-electron chi connectivity index (χ1n) is 11.0. The summed E-state index contributed by atoms with van der Waals surface area (Å²) in [5, 5.41) is 18.6. The lowest BCUT2D eigenvalue weighted by Gasteiger charge is -2.16. The highest BCUT2D eigenvalue weighted by Gasteiger charge is 2.21. The van der Waals surface area contributed by atoms with Gasteiger partial charge in [0.2, 0.25) is 29.3 Å². The monoisotopic (exact) mass is 530 g/mol. The van der Waals surface area contributed by atoms with Gasteiger partial charge in [0.05, 0.1) is 13.0 Å². The molecule has 0 radical (unpaired) electrons. The van der Waals surface area contributed by atoms with Crippen LogP contribution in [0.1, 0.15) is 18.4 Å². The summed E-state index contributed by atoms with van der Waals surface area (Å²) in [7, 11) is 0. The van der Waals surface area contributed by atoms with Gasteiger partial charge in [0, 0.05) is 24.1 Å². The van der Waals surface area contributed by atoms with E-state index in [2.05, 4.69) is 20.6 Å². The number of carboxylic acid groups (broad SMARTS) is 1. The number of carbonyl (C=O) groups is 2. The second-order valence-corrected chi connectivity index (χ2v) is 7.50. The molecule has 2 aromatic carbocycles. The normalized spacial score (nSPS) is 10.0. The van der Waals surface area contributed by atoms with Crippen molar-refractivity contribution in [3.8, 4) is 28.4 Å². The summed E-state index contributed by atoms with van der Waals surface area (Å²) in [5.74, 6) is -1.92. The van der Waals surface area contributed by atoms with Crippen LogP contribution in [-0.2, 0) is 16.1 Å². The number of ether oxygens (including phenoxy) is 1. The number of oxime groups is 2. The first-order valence-corrected chi connectivity index (χ1v) is 11.0. The van der Waals surface area contributed by atoms with Crippen LogP contribution in [0.15, 0.2) is 51.7 Å². The topological polar surface area (TPSA) is 287 Å². The smallest absolute Gasteiger partial charge is 0.303 e. The highest BCUT2D eigenvalue weighted by atomic mass is 16.7. The first kappa shape index (κ1) is 28.8. The van der Waals surface area contributed by atoms with Crippen molar-refractivity contribution in [3.05, 3.63) is 42.0 Å². The summed E-state index contributed by atoms with van der Waals surface area (Å²) in [6.07, 6.45) is -0.545. The summed E-state index contributed by atoms with van der Waals surface area (Å²) in [6.45, 7) is 0.396. The van der Waals surface area contributed by atoms with Crippen LogP contribution < -0.4 is 54.1 Å². The third kappa shape index (κ3) is 9.68. The van der Waals surface area contributed by atoms with Gasteiger partial charge in [0.25, 0.3) is 0 Å². The lowest BCUT2D eigenvalue weighted by Crippen LogP contribution is -2.25. The second kappa shape index (κ2) is 14.2. The van der Waals surface area contributed by atoms with Gasteiger partial charge in [-0.25, -0.2) is 0 Å². The maximum absolute atomic E-state index is 12.1. The molecule has 0 unspecified atom stereocenters. The van der Waals surface area contributed by atoms with Gasteiger partial charge in [-0.05, 0) is 34.1 Å². The number of rotatable bonds is 14. The van der Waals surface area contributed by atoms with Crippen molar-refractivity contribution in [1.29, 1.82) is 0 Å². The Morgan fingerprint density at radius 2 is 1.55 bits per heavy atom. The molecular weight excluding hydrogens is 500 g/mol. The summed E-state index contributed by atoms with van der Waals surface area (Å²) < 4.78 is 5.69. The number of carbonyl (C=O) groups excluding carboxylic acids is 1. The van der Waals surface area contributed by atoms with Gasteiger partial charge in [-0.2, -0.15) is 0 Å². The maximum Gasteiger partial charge on any atom is 0.303 e. The number of hydrogen-bond acceptors (Lipinski definition) is 8. The number of aliphatic carboxylic acids is 1. The van der Waals surface area contributed by atoms with Crippen molar-refractivity contribution in [2.75, 3.05) is 13.2 Å². The predicted octanol–water partition coefficient (Wildman–Crippen LogP) is -1.38. The molecule has 1 amide bonds. The Balaban J connectivity index is 2.48. The zero-order valence-corrected chi connectivity index (χ0v) is 20.3. The summed E-state index contributed by atoms with van der Waals surface area (Å²) >= 11 is 0. The number of hydrogen-bond donors (Lipinski definition) is 8. The van der Waals surface area contributed by atoms with Crippen molar-refractivity contribution in [2.24, 2.45) is 49.7 Å². The Morgan fingerprint density at radius 3 is 2.18 bits per heavy atom. The zero-order chi connectivity index (χ0) is 28.1. The largest absolute Gasteiger partial charge is 0.492 e. The highest BCUT2D eigenvalue weighted by Crippen LogP contribution is 2.42. The minimum absolute atomic E-state index is 0.0124. The fourth-order valence-electron chi connectivity index (χ4n) is 2.95. The Hall–Kier alpha value is -5.41. The molecule has 0 fully saturated rings. The molecular formula is C22H30N10O6. The van der Waals surface area contributed by atoms with Gasteiger partial charge in [0.1, 0.15) is 12.4 Å². The SMILES string of the molecule is NC(N)=NCCOc1cccc(-c2ccc(CNC(=O)CCC(=O)O)c(ON=C(N)N)c2ON=C(N)N)c1. The fraction of sp³-hybridized carbons (Fsp3) is 0.227. The van der Waals surface area contributed by atoms with Gasteiger partial charge in [0.15, 0.2) is 5.96 Å². The third-order valence-electron chi connectivity index (χ3n) is 4.52. The predicted molar refractivity (Wildman–Crippen MR) is 140 cm³/mol.